The first-order valence-electron chi connectivity index (χ1n) is 12.0. The number of Topliss-reactive ketones (excluding diaryl/α,β-unsaturated/α-hetero) is 1. The zero-order chi connectivity index (χ0) is 24.2. The quantitative estimate of drug-likeness (QED) is 0.310. The minimum Gasteiger partial charge on any atom is -0.469 e. The predicted molar refractivity (Wildman–Crippen MR) is 135 cm³/mol. The zero-order valence-electron chi connectivity index (χ0n) is 20.1. The van der Waals surface area contributed by atoms with Crippen molar-refractivity contribution in [1.82, 2.24) is 4.57 Å². The van der Waals surface area contributed by atoms with Gasteiger partial charge in [-0.05, 0) is 80.7 Å². The Labute approximate surface area is 204 Å². The van der Waals surface area contributed by atoms with Gasteiger partial charge in [0.2, 0.25) is 5.91 Å². The number of anilines is 1. The molecule has 1 fully saturated rings. The summed E-state index contributed by atoms with van der Waals surface area (Å²) in [4.78, 5) is 40.3. The fourth-order valence-corrected chi connectivity index (χ4v) is 5.86. The first kappa shape index (κ1) is 24.2. The number of ether oxygens (including phenoxy) is 1. The molecule has 7 heteroatoms. The van der Waals surface area contributed by atoms with Crippen molar-refractivity contribution in [3.8, 4) is 0 Å². The molecule has 0 bridgehead atoms. The number of benzene rings is 1. The Bertz CT molecular complexity index is 1190. The topological polar surface area (TPSA) is 68.6 Å². The summed E-state index contributed by atoms with van der Waals surface area (Å²) in [5, 5.41) is 1.99. The molecule has 1 aliphatic rings. The highest BCUT2D eigenvalue weighted by atomic mass is 32.1. The number of likely N-dealkylation sites (N-methyl/N-ethyl adjacent to an activating group) is 1. The van der Waals surface area contributed by atoms with E-state index in [-0.39, 0.29) is 36.0 Å². The molecular formula is C27H32N2O4S. The van der Waals surface area contributed by atoms with E-state index >= 15 is 0 Å². The number of thiophene rings is 1. The molecule has 6 nitrogen and oxygen atoms in total. The van der Waals surface area contributed by atoms with Gasteiger partial charge in [-0.25, -0.2) is 0 Å². The SMILES string of the molecule is CCN(C(=O)Cn1c(C(=O)CC2CCC(C(=O)OC)CC2)cc2sccc21)c1cccc(C)c1. The lowest BCUT2D eigenvalue weighted by atomic mass is 9.79. The molecule has 0 N–H and O–H groups in total. The van der Waals surface area contributed by atoms with Gasteiger partial charge in [-0.2, -0.15) is 0 Å². The van der Waals surface area contributed by atoms with E-state index in [1.807, 2.05) is 60.2 Å². The number of nitrogens with zero attached hydrogens (tertiary/aromatic N) is 2. The van der Waals surface area contributed by atoms with Crippen LogP contribution in [0, 0.1) is 18.8 Å². The molecule has 2 heterocycles. The Hall–Kier alpha value is -2.93. The standard InChI is InChI=1S/C27H32N2O4S/c1-4-28(21-7-5-6-18(2)14-21)26(31)17-29-22-12-13-34-25(22)16-23(29)24(30)15-19-8-10-20(11-9-19)27(32)33-3/h5-7,12-14,16,19-20H,4,8-11,15,17H2,1-3H3. The second kappa shape index (κ2) is 10.6. The molecule has 1 aromatic carbocycles. The van der Waals surface area contributed by atoms with Crippen molar-refractivity contribution in [2.45, 2.75) is 52.5 Å². The molecule has 0 atom stereocenters. The lowest BCUT2D eigenvalue weighted by Crippen LogP contribution is -2.34. The van der Waals surface area contributed by atoms with Gasteiger partial charge < -0.3 is 14.2 Å². The Morgan fingerprint density at radius 3 is 2.56 bits per heavy atom. The van der Waals surface area contributed by atoms with Gasteiger partial charge in [0, 0.05) is 18.7 Å². The summed E-state index contributed by atoms with van der Waals surface area (Å²) >= 11 is 1.58. The molecule has 180 valence electrons. The van der Waals surface area contributed by atoms with Crippen molar-refractivity contribution in [3.05, 3.63) is 53.0 Å². The average Bonchev–Trinajstić information content (AvgIpc) is 3.42. The molecule has 0 spiro atoms. The van der Waals surface area contributed by atoms with Crippen LogP contribution in [-0.2, 0) is 20.9 Å². The summed E-state index contributed by atoms with van der Waals surface area (Å²) < 4.78 is 7.78. The van der Waals surface area contributed by atoms with Crippen molar-refractivity contribution in [2.24, 2.45) is 11.8 Å². The summed E-state index contributed by atoms with van der Waals surface area (Å²) in [5.41, 5.74) is 3.50. The largest absolute Gasteiger partial charge is 0.469 e. The van der Waals surface area contributed by atoms with Crippen molar-refractivity contribution >= 4 is 44.9 Å². The highest BCUT2D eigenvalue weighted by Gasteiger charge is 2.29. The molecule has 34 heavy (non-hydrogen) atoms. The summed E-state index contributed by atoms with van der Waals surface area (Å²) in [7, 11) is 1.43. The van der Waals surface area contributed by atoms with Gasteiger partial charge in [0.1, 0.15) is 6.54 Å². The van der Waals surface area contributed by atoms with Crippen LogP contribution in [0.15, 0.2) is 41.8 Å². The van der Waals surface area contributed by atoms with Gasteiger partial charge >= 0.3 is 5.97 Å². The van der Waals surface area contributed by atoms with E-state index in [0.29, 0.717) is 18.7 Å². The Morgan fingerprint density at radius 2 is 1.88 bits per heavy atom. The number of rotatable bonds is 8. The molecule has 1 amide bonds. The monoisotopic (exact) mass is 480 g/mol. The van der Waals surface area contributed by atoms with E-state index in [2.05, 4.69) is 0 Å². The van der Waals surface area contributed by atoms with Gasteiger partial charge in [0.25, 0.3) is 0 Å². The normalized spacial score (nSPS) is 18.1. The van der Waals surface area contributed by atoms with Crippen LogP contribution >= 0.6 is 11.3 Å². The second-order valence-electron chi connectivity index (χ2n) is 9.13. The van der Waals surface area contributed by atoms with Crippen LogP contribution < -0.4 is 4.90 Å². The summed E-state index contributed by atoms with van der Waals surface area (Å²) in [6.07, 6.45) is 3.66. The first-order valence-corrected chi connectivity index (χ1v) is 12.8. The van der Waals surface area contributed by atoms with Gasteiger partial charge in [0.15, 0.2) is 5.78 Å². The third-order valence-electron chi connectivity index (χ3n) is 6.89. The molecule has 0 aliphatic heterocycles. The number of fused-ring (bicyclic) bond motifs is 1. The van der Waals surface area contributed by atoms with E-state index in [9.17, 15) is 14.4 Å². The van der Waals surface area contributed by atoms with Crippen LogP contribution in [-0.4, -0.2) is 35.9 Å². The minimum absolute atomic E-state index is 0.0376. The van der Waals surface area contributed by atoms with Crippen molar-refractivity contribution in [2.75, 3.05) is 18.6 Å². The van der Waals surface area contributed by atoms with Crippen molar-refractivity contribution in [1.29, 1.82) is 0 Å². The number of aromatic nitrogens is 1. The van der Waals surface area contributed by atoms with Crippen LogP contribution in [0.25, 0.3) is 10.2 Å². The lowest BCUT2D eigenvalue weighted by Gasteiger charge is -2.26. The maximum Gasteiger partial charge on any atom is 0.308 e. The molecule has 3 aromatic rings. The van der Waals surface area contributed by atoms with Crippen LogP contribution in [0.1, 0.15) is 55.1 Å². The van der Waals surface area contributed by atoms with Crippen LogP contribution in [0.3, 0.4) is 0 Å². The lowest BCUT2D eigenvalue weighted by molar-refractivity contribution is -0.146. The second-order valence-corrected chi connectivity index (χ2v) is 10.1. The Morgan fingerprint density at radius 1 is 1.12 bits per heavy atom. The maximum atomic E-state index is 13.4. The van der Waals surface area contributed by atoms with E-state index in [1.165, 1.54) is 7.11 Å². The Balaban J connectivity index is 1.51. The fraction of sp³-hybridized carbons (Fsp3) is 0.444. The number of carbonyl (C=O) groups excluding carboxylic acids is 3. The third-order valence-corrected chi connectivity index (χ3v) is 7.74. The highest BCUT2D eigenvalue weighted by Crippen LogP contribution is 2.33. The molecule has 0 unspecified atom stereocenters. The van der Waals surface area contributed by atoms with Crippen LogP contribution in [0.2, 0.25) is 0 Å². The average molecular weight is 481 g/mol. The van der Waals surface area contributed by atoms with Crippen LogP contribution in [0.4, 0.5) is 5.69 Å². The zero-order valence-corrected chi connectivity index (χ0v) is 20.9. The van der Waals surface area contributed by atoms with Gasteiger partial charge in [0.05, 0.1) is 28.9 Å². The van der Waals surface area contributed by atoms with E-state index < -0.39 is 0 Å². The number of hydrogen-bond donors (Lipinski definition) is 0. The number of hydrogen-bond acceptors (Lipinski definition) is 5. The van der Waals surface area contributed by atoms with Gasteiger partial charge in [-0.1, -0.05) is 12.1 Å². The third kappa shape index (κ3) is 5.09. The molecule has 4 rings (SSSR count). The number of carbonyl (C=O) groups is 3. The highest BCUT2D eigenvalue weighted by molar-refractivity contribution is 7.17. The smallest absolute Gasteiger partial charge is 0.308 e. The van der Waals surface area contributed by atoms with Crippen molar-refractivity contribution < 1.29 is 19.1 Å². The molecule has 0 saturated heterocycles. The molecule has 1 aliphatic carbocycles. The molecule has 1 saturated carbocycles. The fourth-order valence-electron chi connectivity index (χ4n) is 5.03. The Kier molecular flexibility index (Phi) is 7.51. The predicted octanol–water partition coefficient (Wildman–Crippen LogP) is 5.62. The number of ketones is 1. The van der Waals surface area contributed by atoms with Crippen LogP contribution in [0.5, 0.6) is 0 Å². The number of amides is 1. The maximum absolute atomic E-state index is 13.4. The van der Waals surface area contributed by atoms with Gasteiger partial charge in [-0.15, -0.1) is 11.3 Å². The summed E-state index contributed by atoms with van der Waals surface area (Å²) in [5.74, 6) is 0.0852. The van der Waals surface area contributed by atoms with E-state index in [0.717, 1.165) is 47.2 Å². The number of esters is 1. The minimum atomic E-state index is -0.147. The number of aryl methyl sites for hydroxylation is 1. The number of methoxy groups -OCH3 is 1. The molecule has 2 aromatic heterocycles. The van der Waals surface area contributed by atoms with E-state index in [1.54, 1.807) is 16.2 Å². The van der Waals surface area contributed by atoms with Crippen molar-refractivity contribution in [3.63, 3.8) is 0 Å². The molecule has 0 radical (unpaired) electrons. The molecular weight excluding hydrogens is 448 g/mol. The van der Waals surface area contributed by atoms with E-state index in [4.69, 9.17) is 4.74 Å². The first-order chi connectivity index (χ1) is 16.4. The van der Waals surface area contributed by atoms with Gasteiger partial charge in [-0.3, -0.25) is 14.4 Å². The summed E-state index contributed by atoms with van der Waals surface area (Å²) in [6, 6.07) is 11.8. The summed E-state index contributed by atoms with van der Waals surface area (Å²) in [6.45, 7) is 4.66.